The van der Waals surface area contributed by atoms with Gasteiger partial charge in [-0.1, -0.05) is 12.2 Å². The number of nitrogens with two attached hydrogens (primary N) is 1. The number of aromatic nitrogens is 2. The molecule has 98 valence electrons. The van der Waals surface area contributed by atoms with Crippen LogP contribution in [-0.4, -0.2) is 33.9 Å². The number of anilines is 1. The quantitative estimate of drug-likeness (QED) is 0.776. The summed E-state index contributed by atoms with van der Waals surface area (Å²) >= 11 is 4.92. The van der Waals surface area contributed by atoms with Crippen molar-refractivity contribution in [2.45, 2.75) is 12.8 Å². The Morgan fingerprint density at radius 2 is 2.50 bits per heavy atom. The van der Waals surface area contributed by atoms with E-state index >= 15 is 0 Å². The lowest BCUT2D eigenvalue weighted by molar-refractivity contribution is -0.123. The van der Waals surface area contributed by atoms with E-state index in [1.165, 1.54) is 0 Å². The maximum Gasteiger partial charge on any atom is 0.230 e. The molecule has 1 amide bonds. The lowest BCUT2D eigenvalue weighted by Gasteiger charge is -2.21. The summed E-state index contributed by atoms with van der Waals surface area (Å²) in [5.41, 5.74) is 6.17. The van der Waals surface area contributed by atoms with Gasteiger partial charge in [0.25, 0.3) is 0 Å². The number of rotatable bonds is 3. The second-order valence-electron chi connectivity index (χ2n) is 4.30. The van der Waals surface area contributed by atoms with E-state index in [1.807, 2.05) is 0 Å². The first-order valence-electron chi connectivity index (χ1n) is 5.80. The number of hydrogen-bond acceptors (Lipinski definition) is 4. The zero-order valence-corrected chi connectivity index (χ0v) is 11.0. The number of carbonyl (C=O) groups excluding carboxylic acids is 1. The molecule has 0 saturated carbocycles. The third-order valence-corrected chi connectivity index (χ3v) is 3.20. The van der Waals surface area contributed by atoms with Gasteiger partial charge in [-0.25, -0.2) is 0 Å². The third-order valence-electron chi connectivity index (χ3n) is 2.98. The number of aryl methyl sites for hydroxylation is 1. The summed E-state index contributed by atoms with van der Waals surface area (Å²) in [4.78, 5) is 12.3. The maximum atomic E-state index is 12.1. The molecule has 1 aliphatic heterocycles. The second kappa shape index (κ2) is 5.45. The van der Waals surface area contributed by atoms with Crippen molar-refractivity contribution in [3.05, 3.63) is 11.8 Å². The average Bonchev–Trinajstić information content (AvgIpc) is 2.72. The van der Waals surface area contributed by atoms with Gasteiger partial charge in [-0.05, 0) is 12.8 Å². The van der Waals surface area contributed by atoms with Gasteiger partial charge in [-0.2, -0.15) is 5.10 Å². The highest BCUT2D eigenvalue weighted by Gasteiger charge is 2.23. The second-order valence-corrected chi connectivity index (χ2v) is 4.74. The number of amides is 1. The summed E-state index contributed by atoms with van der Waals surface area (Å²) in [6.07, 6.45) is 3.30. The fourth-order valence-corrected chi connectivity index (χ4v) is 2.08. The Kier molecular flexibility index (Phi) is 3.93. The van der Waals surface area contributed by atoms with E-state index in [1.54, 1.807) is 17.9 Å². The predicted molar refractivity (Wildman–Crippen MR) is 71.3 cm³/mol. The normalized spacial score (nSPS) is 19.5. The molecule has 0 spiro atoms. The van der Waals surface area contributed by atoms with Crippen LogP contribution >= 0.6 is 12.2 Å². The van der Waals surface area contributed by atoms with Gasteiger partial charge >= 0.3 is 0 Å². The maximum absolute atomic E-state index is 12.1. The number of carbonyl (C=O) groups is 1. The first-order valence-corrected chi connectivity index (χ1v) is 6.21. The van der Waals surface area contributed by atoms with Gasteiger partial charge < -0.3 is 15.8 Å². The van der Waals surface area contributed by atoms with Crippen LogP contribution in [-0.2, 0) is 16.6 Å². The predicted octanol–water partition coefficient (Wildman–Crippen LogP) is 0.419. The molecule has 2 rings (SSSR count). The van der Waals surface area contributed by atoms with Crippen LogP contribution in [0.4, 0.5) is 5.82 Å². The number of nitrogens with zero attached hydrogens (tertiary/aromatic N) is 2. The molecule has 18 heavy (non-hydrogen) atoms. The minimum absolute atomic E-state index is 0.0733. The highest BCUT2D eigenvalue weighted by Crippen LogP contribution is 2.18. The molecule has 1 fully saturated rings. The van der Waals surface area contributed by atoms with Crippen LogP contribution in [0.5, 0.6) is 0 Å². The monoisotopic (exact) mass is 268 g/mol. The Morgan fingerprint density at radius 3 is 3.11 bits per heavy atom. The Balaban J connectivity index is 2.10. The molecule has 1 aromatic heterocycles. The minimum atomic E-state index is -0.118. The molecule has 1 aliphatic rings. The molecule has 0 bridgehead atoms. The Hall–Kier alpha value is -1.47. The topological polar surface area (TPSA) is 82.2 Å². The summed E-state index contributed by atoms with van der Waals surface area (Å²) in [5, 5.41) is 6.86. The van der Waals surface area contributed by atoms with Crippen LogP contribution in [0.3, 0.4) is 0 Å². The van der Waals surface area contributed by atoms with Crippen molar-refractivity contribution in [2.75, 3.05) is 18.5 Å². The van der Waals surface area contributed by atoms with E-state index < -0.39 is 0 Å². The summed E-state index contributed by atoms with van der Waals surface area (Å²) < 4.78 is 6.85. The van der Waals surface area contributed by atoms with Crippen LogP contribution in [0.15, 0.2) is 6.20 Å². The van der Waals surface area contributed by atoms with Crippen molar-refractivity contribution in [3.63, 3.8) is 0 Å². The van der Waals surface area contributed by atoms with E-state index in [-0.39, 0.29) is 16.8 Å². The lowest BCUT2D eigenvalue weighted by atomic mass is 10.0. The molecular formula is C11H16N4O2S. The molecular weight excluding hydrogens is 252 g/mol. The van der Waals surface area contributed by atoms with Gasteiger partial charge in [0.15, 0.2) is 0 Å². The first kappa shape index (κ1) is 13.0. The largest absolute Gasteiger partial charge is 0.389 e. The Bertz CT molecular complexity index is 466. The average molecular weight is 268 g/mol. The van der Waals surface area contributed by atoms with Crippen molar-refractivity contribution in [1.82, 2.24) is 9.78 Å². The van der Waals surface area contributed by atoms with Crippen molar-refractivity contribution in [1.29, 1.82) is 0 Å². The van der Waals surface area contributed by atoms with Crippen LogP contribution in [0.25, 0.3) is 0 Å². The van der Waals surface area contributed by atoms with Gasteiger partial charge in [0, 0.05) is 13.7 Å². The van der Waals surface area contributed by atoms with Gasteiger partial charge in [-0.3, -0.25) is 9.48 Å². The van der Waals surface area contributed by atoms with Crippen LogP contribution in [0.1, 0.15) is 18.4 Å². The number of ether oxygens (including phenoxy) is 1. The van der Waals surface area contributed by atoms with E-state index in [4.69, 9.17) is 22.7 Å². The zero-order chi connectivity index (χ0) is 13.1. The van der Waals surface area contributed by atoms with Gasteiger partial charge in [0.2, 0.25) is 5.91 Å². The molecule has 1 unspecified atom stereocenters. The molecule has 0 aromatic carbocycles. The molecule has 0 aliphatic carbocycles. The number of nitrogens with one attached hydrogen (secondary N) is 1. The molecule has 3 N–H and O–H groups in total. The van der Waals surface area contributed by atoms with E-state index in [2.05, 4.69) is 10.4 Å². The van der Waals surface area contributed by atoms with E-state index in [0.29, 0.717) is 18.0 Å². The molecule has 1 atom stereocenters. The molecule has 6 nitrogen and oxygen atoms in total. The van der Waals surface area contributed by atoms with Gasteiger partial charge in [0.05, 0.1) is 24.3 Å². The standard InChI is InChI=1S/C11H16N4O2S/c1-15-10(8(5-13-15)9(12)18)14-11(16)7-3-2-4-17-6-7/h5,7H,2-4,6H2,1H3,(H2,12,18)(H,14,16). The minimum Gasteiger partial charge on any atom is -0.389 e. The lowest BCUT2D eigenvalue weighted by Crippen LogP contribution is -2.31. The molecule has 7 heteroatoms. The van der Waals surface area contributed by atoms with Crippen molar-refractivity contribution in [3.8, 4) is 0 Å². The van der Waals surface area contributed by atoms with Crippen molar-refractivity contribution < 1.29 is 9.53 Å². The van der Waals surface area contributed by atoms with Crippen molar-refractivity contribution >= 4 is 28.9 Å². The fraction of sp³-hybridized carbons (Fsp3) is 0.545. The summed E-state index contributed by atoms with van der Waals surface area (Å²) in [6.45, 7) is 1.19. The highest BCUT2D eigenvalue weighted by atomic mass is 32.1. The van der Waals surface area contributed by atoms with Crippen molar-refractivity contribution in [2.24, 2.45) is 18.7 Å². The summed E-state index contributed by atoms with van der Waals surface area (Å²) in [6, 6.07) is 0. The third kappa shape index (κ3) is 2.68. The number of thiocarbonyl (C=S) groups is 1. The van der Waals surface area contributed by atoms with E-state index in [9.17, 15) is 4.79 Å². The molecule has 2 heterocycles. The first-order chi connectivity index (χ1) is 8.59. The van der Waals surface area contributed by atoms with E-state index in [0.717, 1.165) is 19.4 Å². The SMILES string of the molecule is Cn1ncc(C(N)=S)c1NC(=O)C1CCCOC1. The number of hydrogen-bond donors (Lipinski definition) is 2. The van der Waals surface area contributed by atoms with Crippen LogP contribution in [0.2, 0.25) is 0 Å². The summed E-state index contributed by atoms with van der Waals surface area (Å²) in [7, 11) is 1.73. The van der Waals surface area contributed by atoms with Crippen LogP contribution in [0, 0.1) is 5.92 Å². The summed E-state index contributed by atoms with van der Waals surface area (Å²) in [5.74, 6) is 0.349. The Labute approximate surface area is 110 Å². The van der Waals surface area contributed by atoms with Gasteiger partial charge in [-0.15, -0.1) is 0 Å². The molecule has 0 radical (unpaired) electrons. The molecule has 1 saturated heterocycles. The molecule has 1 aromatic rings. The van der Waals surface area contributed by atoms with Gasteiger partial charge in [0.1, 0.15) is 10.8 Å². The smallest absolute Gasteiger partial charge is 0.230 e. The fourth-order valence-electron chi connectivity index (χ4n) is 1.93. The highest BCUT2D eigenvalue weighted by molar-refractivity contribution is 7.80. The van der Waals surface area contributed by atoms with Crippen LogP contribution < -0.4 is 11.1 Å². The zero-order valence-electron chi connectivity index (χ0n) is 10.2. The Morgan fingerprint density at radius 1 is 1.72 bits per heavy atom.